The largest absolute Gasteiger partial charge is 0.497 e. The number of amides is 1. The Labute approximate surface area is 146 Å². The van der Waals surface area contributed by atoms with Crippen molar-refractivity contribution in [1.82, 2.24) is 10.3 Å². The van der Waals surface area contributed by atoms with Crippen LogP contribution in [0.4, 0.5) is 0 Å². The van der Waals surface area contributed by atoms with Crippen LogP contribution in [-0.2, 0) is 0 Å². The number of thiazole rings is 1. The van der Waals surface area contributed by atoms with Gasteiger partial charge in [0, 0.05) is 11.6 Å². The third kappa shape index (κ3) is 3.76. The molecule has 5 nitrogen and oxygen atoms in total. The highest BCUT2D eigenvalue weighted by Crippen LogP contribution is 2.28. The summed E-state index contributed by atoms with van der Waals surface area (Å²) in [5.41, 5.74) is 6.82. The number of benzene rings is 1. The molecule has 1 aromatic carbocycles. The van der Waals surface area contributed by atoms with Gasteiger partial charge in [0.2, 0.25) is 0 Å². The van der Waals surface area contributed by atoms with E-state index in [-0.39, 0.29) is 11.9 Å². The zero-order chi connectivity index (χ0) is 16.9. The van der Waals surface area contributed by atoms with E-state index in [4.69, 9.17) is 10.5 Å². The number of hydrogen-bond acceptors (Lipinski definition) is 5. The van der Waals surface area contributed by atoms with Crippen LogP contribution in [0.1, 0.15) is 35.4 Å². The fourth-order valence-corrected chi connectivity index (χ4v) is 3.99. The summed E-state index contributed by atoms with van der Waals surface area (Å²) in [4.78, 5) is 17.5. The number of nitrogens with two attached hydrogens (primary N) is 1. The second-order valence-corrected chi connectivity index (χ2v) is 7.15. The molecule has 3 rings (SSSR count). The molecule has 0 bridgehead atoms. The molecule has 1 saturated carbocycles. The maximum absolute atomic E-state index is 12.5. The lowest BCUT2D eigenvalue weighted by molar-refractivity contribution is 0.0912. The lowest BCUT2D eigenvalue weighted by Crippen LogP contribution is -2.44. The van der Waals surface area contributed by atoms with Crippen LogP contribution in [0.3, 0.4) is 0 Å². The molecule has 2 unspecified atom stereocenters. The van der Waals surface area contributed by atoms with Gasteiger partial charge in [0.25, 0.3) is 5.91 Å². The lowest BCUT2D eigenvalue weighted by Gasteiger charge is -2.31. The van der Waals surface area contributed by atoms with Gasteiger partial charge in [-0.2, -0.15) is 0 Å². The lowest BCUT2D eigenvalue weighted by atomic mass is 9.84. The Morgan fingerprint density at radius 1 is 1.33 bits per heavy atom. The quantitative estimate of drug-likeness (QED) is 0.873. The van der Waals surface area contributed by atoms with Gasteiger partial charge in [-0.1, -0.05) is 12.8 Å². The maximum Gasteiger partial charge on any atom is 0.263 e. The number of nitrogens with zero attached hydrogens (tertiary/aromatic N) is 1. The summed E-state index contributed by atoms with van der Waals surface area (Å²) >= 11 is 1.41. The van der Waals surface area contributed by atoms with Crippen molar-refractivity contribution in [1.29, 1.82) is 0 Å². The molecule has 1 fully saturated rings. The molecular formula is C18H23N3O2S. The smallest absolute Gasteiger partial charge is 0.263 e. The molecule has 128 valence electrons. The Kier molecular flexibility index (Phi) is 5.48. The molecule has 1 aliphatic rings. The zero-order valence-electron chi connectivity index (χ0n) is 13.8. The third-order valence-corrected chi connectivity index (χ3v) is 5.64. The van der Waals surface area contributed by atoms with Crippen molar-refractivity contribution in [2.24, 2.45) is 11.7 Å². The molecule has 3 N–H and O–H groups in total. The number of methoxy groups -OCH3 is 1. The molecule has 0 saturated heterocycles. The van der Waals surface area contributed by atoms with Crippen LogP contribution in [0.5, 0.6) is 5.75 Å². The first kappa shape index (κ1) is 16.9. The van der Waals surface area contributed by atoms with Gasteiger partial charge >= 0.3 is 0 Å². The van der Waals surface area contributed by atoms with Gasteiger partial charge in [-0.05, 0) is 49.6 Å². The standard InChI is InChI=1S/C18H23N3O2S/c1-23-14-8-6-12(7-9-14)18-20-11-16(24-18)17(22)21-15-5-3-2-4-13(15)10-19/h6-9,11,13,15H,2-5,10,19H2,1H3,(H,21,22). The van der Waals surface area contributed by atoms with Gasteiger partial charge in [-0.3, -0.25) is 4.79 Å². The molecule has 0 radical (unpaired) electrons. The molecule has 2 aromatic rings. The highest BCUT2D eigenvalue weighted by molar-refractivity contribution is 7.16. The van der Waals surface area contributed by atoms with Crippen molar-refractivity contribution >= 4 is 17.2 Å². The Hall–Kier alpha value is -1.92. The van der Waals surface area contributed by atoms with E-state index in [1.807, 2.05) is 24.3 Å². The van der Waals surface area contributed by atoms with E-state index in [0.29, 0.717) is 17.3 Å². The molecular weight excluding hydrogens is 322 g/mol. The molecule has 1 heterocycles. The highest BCUT2D eigenvalue weighted by Gasteiger charge is 2.26. The van der Waals surface area contributed by atoms with Crippen molar-refractivity contribution in [3.05, 3.63) is 35.3 Å². The van der Waals surface area contributed by atoms with Gasteiger partial charge < -0.3 is 15.8 Å². The number of nitrogens with one attached hydrogen (secondary N) is 1. The fraction of sp³-hybridized carbons (Fsp3) is 0.444. The number of carbonyl (C=O) groups is 1. The van der Waals surface area contributed by atoms with Gasteiger partial charge in [-0.25, -0.2) is 4.98 Å². The first-order chi connectivity index (χ1) is 11.7. The van der Waals surface area contributed by atoms with Crippen LogP contribution < -0.4 is 15.8 Å². The van der Waals surface area contributed by atoms with E-state index < -0.39 is 0 Å². The van der Waals surface area contributed by atoms with Crippen LogP contribution in [-0.4, -0.2) is 30.6 Å². The fourth-order valence-electron chi connectivity index (χ4n) is 3.17. The van der Waals surface area contributed by atoms with Crippen molar-refractivity contribution in [2.45, 2.75) is 31.7 Å². The highest BCUT2D eigenvalue weighted by atomic mass is 32.1. The van der Waals surface area contributed by atoms with Crippen LogP contribution >= 0.6 is 11.3 Å². The monoisotopic (exact) mass is 345 g/mol. The minimum Gasteiger partial charge on any atom is -0.497 e. The van der Waals surface area contributed by atoms with E-state index in [9.17, 15) is 4.79 Å². The molecule has 0 aliphatic heterocycles. The SMILES string of the molecule is COc1ccc(-c2ncc(C(=O)NC3CCCCC3CN)s2)cc1. The summed E-state index contributed by atoms with van der Waals surface area (Å²) in [6, 6.07) is 7.87. The minimum absolute atomic E-state index is 0.0439. The molecule has 24 heavy (non-hydrogen) atoms. The second-order valence-electron chi connectivity index (χ2n) is 6.12. The van der Waals surface area contributed by atoms with Gasteiger partial charge in [0.15, 0.2) is 0 Å². The summed E-state index contributed by atoms with van der Waals surface area (Å²) in [6.07, 6.45) is 6.12. The van der Waals surface area contributed by atoms with Gasteiger partial charge in [0.1, 0.15) is 15.6 Å². The summed E-state index contributed by atoms with van der Waals surface area (Å²) < 4.78 is 5.16. The predicted molar refractivity (Wildman–Crippen MR) is 96.4 cm³/mol. The zero-order valence-corrected chi connectivity index (χ0v) is 14.6. The molecule has 0 spiro atoms. The third-order valence-electron chi connectivity index (χ3n) is 4.59. The van der Waals surface area contributed by atoms with Crippen LogP contribution in [0.25, 0.3) is 10.6 Å². The minimum atomic E-state index is -0.0439. The average molecular weight is 345 g/mol. The first-order valence-electron chi connectivity index (χ1n) is 8.32. The van der Waals surface area contributed by atoms with Crippen LogP contribution in [0.2, 0.25) is 0 Å². The number of ether oxygens (including phenoxy) is 1. The molecule has 6 heteroatoms. The number of hydrogen-bond donors (Lipinski definition) is 2. The summed E-state index contributed by atoms with van der Waals surface area (Å²) in [6.45, 7) is 0.630. The topological polar surface area (TPSA) is 77.2 Å². The van der Waals surface area contributed by atoms with Crippen molar-refractivity contribution < 1.29 is 9.53 Å². The van der Waals surface area contributed by atoms with E-state index in [1.54, 1.807) is 13.3 Å². The Bertz CT molecular complexity index is 684. The van der Waals surface area contributed by atoms with E-state index >= 15 is 0 Å². The van der Waals surface area contributed by atoms with Crippen molar-refractivity contribution in [3.63, 3.8) is 0 Å². The first-order valence-corrected chi connectivity index (χ1v) is 9.14. The van der Waals surface area contributed by atoms with E-state index in [2.05, 4.69) is 10.3 Å². The van der Waals surface area contributed by atoms with Crippen molar-refractivity contribution in [2.75, 3.05) is 13.7 Å². The van der Waals surface area contributed by atoms with E-state index in [1.165, 1.54) is 17.8 Å². The number of carbonyl (C=O) groups excluding carboxylic acids is 1. The van der Waals surface area contributed by atoms with Gasteiger partial charge in [0.05, 0.1) is 13.3 Å². The number of aromatic nitrogens is 1. The summed E-state index contributed by atoms with van der Waals surface area (Å²) in [7, 11) is 1.64. The average Bonchev–Trinajstić information content (AvgIpc) is 3.12. The van der Waals surface area contributed by atoms with Gasteiger partial charge in [-0.15, -0.1) is 11.3 Å². The molecule has 1 aliphatic carbocycles. The normalized spacial score (nSPS) is 20.6. The molecule has 1 aromatic heterocycles. The summed E-state index contributed by atoms with van der Waals surface area (Å²) in [5, 5.41) is 3.99. The van der Waals surface area contributed by atoms with Crippen LogP contribution in [0.15, 0.2) is 30.5 Å². The Morgan fingerprint density at radius 2 is 2.08 bits per heavy atom. The van der Waals surface area contributed by atoms with Crippen molar-refractivity contribution in [3.8, 4) is 16.3 Å². The molecule has 2 atom stereocenters. The Balaban J connectivity index is 1.68. The summed E-state index contributed by atoms with van der Waals surface area (Å²) in [5.74, 6) is 1.15. The van der Waals surface area contributed by atoms with Crippen LogP contribution in [0, 0.1) is 5.92 Å². The predicted octanol–water partition coefficient (Wildman–Crippen LogP) is 3.07. The maximum atomic E-state index is 12.5. The Morgan fingerprint density at radius 3 is 2.79 bits per heavy atom. The second kappa shape index (κ2) is 7.77. The number of rotatable bonds is 5. The molecule has 1 amide bonds. The van der Waals surface area contributed by atoms with E-state index in [0.717, 1.165) is 35.6 Å².